The van der Waals surface area contributed by atoms with E-state index < -0.39 is 20.9 Å². The second-order valence-corrected chi connectivity index (χ2v) is 9.05. The first kappa shape index (κ1) is 15.1. The summed E-state index contributed by atoms with van der Waals surface area (Å²) < 4.78 is 44.8. The van der Waals surface area contributed by atoms with Crippen LogP contribution in [0.2, 0.25) is 0 Å². The van der Waals surface area contributed by atoms with Gasteiger partial charge in [-0.2, -0.15) is 11.8 Å². The minimum atomic E-state index is -3.58. The maximum absolute atomic E-state index is 13.4. The van der Waals surface area contributed by atoms with Crippen molar-refractivity contribution in [2.45, 2.75) is 35.0 Å². The SMILES string of the molecule is Nc1cc(F)cc(S(=O)(=O)C2CCOC3(CCSC3)C2)c1. The zero-order valence-corrected chi connectivity index (χ0v) is 13.2. The lowest BCUT2D eigenvalue weighted by molar-refractivity contribution is -0.0572. The van der Waals surface area contributed by atoms with Gasteiger partial charge in [-0.05, 0) is 43.2 Å². The van der Waals surface area contributed by atoms with Gasteiger partial charge >= 0.3 is 0 Å². The second-order valence-electron chi connectivity index (χ2n) is 5.71. The summed E-state index contributed by atoms with van der Waals surface area (Å²) >= 11 is 1.79. The van der Waals surface area contributed by atoms with Crippen LogP contribution < -0.4 is 5.73 Å². The average Bonchev–Trinajstić information content (AvgIpc) is 2.85. The number of thioether (sulfide) groups is 1. The molecule has 1 aromatic rings. The highest BCUT2D eigenvalue weighted by molar-refractivity contribution is 7.99. The standard InChI is InChI=1S/C14H18FNO3S2/c15-10-5-11(16)7-13(6-10)21(17,18)12-1-3-19-14(8-12)2-4-20-9-14/h5-7,12H,1-4,8-9,16H2. The first-order valence-corrected chi connectivity index (χ1v) is 9.63. The summed E-state index contributed by atoms with van der Waals surface area (Å²) in [6.45, 7) is 0.440. The summed E-state index contributed by atoms with van der Waals surface area (Å²) in [5, 5.41) is -0.522. The maximum Gasteiger partial charge on any atom is 0.181 e. The van der Waals surface area contributed by atoms with Gasteiger partial charge in [0, 0.05) is 18.0 Å². The highest BCUT2D eigenvalue weighted by Gasteiger charge is 2.44. The number of hydrogen-bond acceptors (Lipinski definition) is 5. The fourth-order valence-corrected chi connectivity index (χ4v) is 6.32. The first-order valence-electron chi connectivity index (χ1n) is 6.93. The largest absolute Gasteiger partial charge is 0.399 e. The van der Waals surface area contributed by atoms with E-state index in [1.165, 1.54) is 6.07 Å². The highest BCUT2D eigenvalue weighted by Crippen LogP contribution is 2.41. The van der Waals surface area contributed by atoms with Crippen molar-refractivity contribution in [1.82, 2.24) is 0 Å². The van der Waals surface area contributed by atoms with Crippen molar-refractivity contribution in [2.24, 2.45) is 0 Å². The Morgan fingerprint density at radius 1 is 1.38 bits per heavy atom. The van der Waals surface area contributed by atoms with Crippen molar-refractivity contribution in [3.63, 3.8) is 0 Å². The van der Waals surface area contributed by atoms with Gasteiger partial charge in [-0.15, -0.1) is 0 Å². The van der Waals surface area contributed by atoms with E-state index in [9.17, 15) is 12.8 Å². The van der Waals surface area contributed by atoms with Gasteiger partial charge in [-0.3, -0.25) is 0 Å². The van der Waals surface area contributed by atoms with E-state index in [0.29, 0.717) is 19.4 Å². The number of halogens is 1. The van der Waals surface area contributed by atoms with Crippen LogP contribution >= 0.6 is 11.8 Å². The molecule has 0 saturated carbocycles. The summed E-state index contributed by atoms with van der Waals surface area (Å²) in [5.74, 6) is 1.22. The van der Waals surface area contributed by atoms with Gasteiger partial charge in [0.15, 0.2) is 9.84 Å². The van der Waals surface area contributed by atoms with E-state index in [1.807, 2.05) is 0 Å². The molecule has 1 aromatic carbocycles. The molecule has 2 aliphatic heterocycles. The summed E-state index contributed by atoms with van der Waals surface area (Å²) in [7, 11) is -3.58. The Morgan fingerprint density at radius 3 is 2.86 bits per heavy atom. The van der Waals surface area contributed by atoms with E-state index in [-0.39, 0.29) is 16.2 Å². The molecule has 4 nitrogen and oxygen atoms in total. The van der Waals surface area contributed by atoms with Crippen LogP contribution in [0, 0.1) is 5.82 Å². The molecule has 0 aromatic heterocycles. The molecule has 2 heterocycles. The topological polar surface area (TPSA) is 69.4 Å². The van der Waals surface area contributed by atoms with Gasteiger partial charge < -0.3 is 10.5 Å². The summed E-state index contributed by atoms with van der Waals surface area (Å²) in [6, 6.07) is 3.51. The van der Waals surface area contributed by atoms with Gasteiger partial charge in [0.2, 0.25) is 0 Å². The monoisotopic (exact) mass is 331 g/mol. The number of ether oxygens (including phenoxy) is 1. The third-order valence-corrected chi connectivity index (χ3v) is 7.57. The van der Waals surface area contributed by atoms with Gasteiger partial charge in [0.1, 0.15) is 5.82 Å². The number of nitrogens with two attached hydrogens (primary N) is 1. The Balaban J connectivity index is 1.90. The zero-order valence-electron chi connectivity index (χ0n) is 11.5. The van der Waals surface area contributed by atoms with Crippen LogP contribution in [-0.4, -0.2) is 37.4 Å². The van der Waals surface area contributed by atoms with Crippen molar-refractivity contribution in [3.05, 3.63) is 24.0 Å². The third kappa shape index (κ3) is 2.91. The lowest BCUT2D eigenvalue weighted by atomic mass is 9.93. The molecule has 116 valence electrons. The molecule has 2 unspecified atom stereocenters. The normalized spacial score (nSPS) is 29.9. The second kappa shape index (κ2) is 5.44. The molecule has 0 amide bonds. The molecule has 2 saturated heterocycles. The molecule has 7 heteroatoms. The van der Waals surface area contributed by atoms with Crippen molar-refractivity contribution < 1.29 is 17.5 Å². The number of hydrogen-bond donors (Lipinski definition) is 1. The van der Waals surface area contributed by atoms with Crippen LogP contribution in [0.3, 0.4) is 0 Å². The lowest BCUT2D eigenvalue weighted by Crippen LogP contribution is -2.44. The number of nitrogen functional groups attached to an aromatic ring is 1. The molecule has 1 spiro atoms. The van der Waals surface area contributed by atoms with Gasteiger partial charge in [0.25, 0.3) is 0 Å². The molecule has 0 radical (unpaired) electrons. The number of benzene rings is 1. The molecule has 0 aliphatic carbocycles. The van der Waals surface area contributed by atoms with Gasteiger partial charge in [-0.25, -0.2) is 12.8 Å². The summed E-state index contributed by atoms with van der Waals surface area (Å²) in [5.41, 5.74) is 5.38. The van der Waals surface area contributed by atoms with Crippen LogP contribution in [0.4, 0.5) is 10.1 Å². The Kier molecular flexibility index (Phi) is 3.92. The Bertz CT molecular complexity index is 621. The van der Waals surface area contributed by atoms with Crippen molar-refractivity contribution in [3.8, 4) is 0 Å². The molecular weight excluding hydrogens is 313 g/mol. The van der Waals surface area contributed by atoms with Crippen LogP contribution in [-0.2, 0) is 14.6 Å². The number of sulfone groups is 1. The molecule has 0 bridgehead atoms. The van der Waals surface area contributed by atoms with Crippen molar-refractivity contribution in [2.75, 3.05) is 23.8 Å². The highest BCUT2D eigenvalue weighted by atomic mass is 32.2. The predicted molar refractivity (Wildman–Crippen MR) is 81.6 cm³/mol. The minimum absolute atomic E-state index is 0.0206. The summed E-state index contributed by atoms with van der Waals surface area (Å²) in [4.78, 5) is -0.0206. The molecule has 2 atom stereocenters. The lowest BCUT2D eigenvalue weighted by Gasteiger charge is -2.37. The fraction of sp³-hybridized carbons (Fsp3) is 0.571. The molecule has 2 fully saturated rings. The first-order chi connectivity index (χ1) is 9.91. The third-order valence-electron chi connectivity index (χ3n) is 4.18. The van der Waals surface area contributed by atoms with Crippen molar-refractivity contribution in [1.29, 1.82) is 0 Å². The molecule has 2 N–H and O–H groups in total. The van der Waals surface area contributed by atoms with E-state index in [4.69, 9.17) is 10.5 Å². The van der Waals surface area contributed by atoms with Crippen LogP contribution in [0.25, 0.3) is 0 Å². The molecule has 21 heavy (non-hydrogen) atoms. The van der Waals surface area contributed by atoms with Crippen molar-refractivity contribution >= 4 is 27.3 Å². The molecule has 3 rings (SSSR count). The Labute approximate surface area is 128 Å². The van der Waals surface area contributed by atoms with E-state index in [0.717, 1.165) is 30.1 Å². The number of rotatable bonds is 2. The Morgan fingerprint density at radius 2 is 2.19 bits per heavy atom. The van der Waals surface area contributed by atoms with Gasteiger partial charge in [-0.1, -0.05) is 0 Å². The van der Waals surface area contributed by atoms with Crippen LogP contribution in [0.15, 0.2) is 23.1 Å². The number of anilines is 1. The van der Waals surface area contributed by atoms with Gasteiger partial charge in [0.05, 0.1) is 15.7 Å². The zero-order chi connectivity index (χ0) is 15.1. The maximum atomic E-state index is 13.4. The summed E-state index contributed by atoms with van der Waals surface area (Å²) in [6.07, 6.45) is 1.82. The van der Waals surface area contributed by atoms with E-state index in [2.05, 4.69) is 0 Å². The molecule has 2 aliphatic rings. The molecular formula is C14H18FNO3S2. The Hall–Kier alpha value is -0.790. The minimum Gasteiger partial charge on any atom is -0.399 e. The quantitative estimate of drug-likeness (QED) is 0.842. The van der Waals surface area contributed by atoms with E-state index >= 15 is 0 Å². The predicted octanol–water partition coefficient (Wildman–Crippen LogP) is 2.24. The van der Waals surface area contributed by atoms with E-state index in [1.54, 1.807) is 11.8 Å². The average molecular weight is 331 g/mol. The fourth-order valence-electron chi connectivity index (χ4n) is 3.05. The van der Waals surface area contributed by atoms with Crippen LogP contribution in [0.1, 0.15) is 19.3 Å². The van der Waals surface area contributed by atoms with Crippen LogP contribution in [0.5, 0.6) is 0 Å². The smallest absolute Gasteiger partial charge is 0.181 e.